The number of allylic oxidation sites excluding steroid dienone is 9. The Balaban J connectivity index is 4.76. The highest BCUT2D eigenvalue weighted by atomic mass is 31.2. The van der Waals surface area contributed by atoms with Crippen molar-refractivity contribution in [3.8, 4) is 0 Å². The third-order valence-electron chi connectivity index (χ3n) is 12.5. The zero-order valence-electron chi connectivity index (χ0n) is 46.1. The smallest absolute Gasteiger partial charge is 0.462 e. The van der Waals surface area contributed by atoms with E-state index in [1.54, 1.807) is 6.08 Å². The van der Waals surface area contributed by atoms with Gasteiger partial charge in [0.25, 0.3) is 0 Å². The van der Waals surface area contributed by atoms with E-state index in [-0.39, 0.29) is 25.9 Å². The molecule has 3 unspecified atom stereocenters. The lowest BCUT2D eigenvalue weighted by molar-refractivity contribution is -0.161. The van der Waals surface area contributed by atoms with Gasteiger partial charge >= 0.3 is 25.7 Å². The van der Waals surface area contributed by atoms with E-state index in [4.69, 9.17) is 23.3 Å². The molecule has 3 atom stereocenters. The normalized spacial score (nSPS) is 13.8. The van der Waals surface area contributed by atoms with Crippen LogP contribution in [0.3, 0.4) is 0 Å². The highest BCUT2D eigenvalue weighted by Gasteiger charge is 2.28. The van der Waals surface area contributed by atoms with Gasteiger partial charge in [0.1, 0.15) is 12.7 Å². The quantitative estimate of drug-likeness (QED) is 0.0197. The summed E-state index contributed by atoms with van der Waals surface area (Å²) >= 11 is 0. The number of ether oxygens (including phenoxy) is 3. The van der Waals surface area contributed by atoms with Crippen LogP contribution in [0.1, 0.15) is 265 Å². The topological polar surface area (TPSA) is 155 Å². The van der Waals surface area contributed by atoms with Crippen LogP contribution >= 0.6 is 7.82 Å². The molecule has 0 amide bonds. The number of aliphatic hydroxyl groups excluding tert-OH is 1. The van der Waals surface area contributed by atoms with Crippen molar-refractivity contribution in [3.63, 3.8) is 0 Å². The van der Waals surface area contributed by atoms with E-state index in [0.29, 0.717) is 19.3 Å². The number of hydrogen-bond acceptors (Lipinski definition) is 10. The second kappa shape index (κ2) is 54.4. The third kappa shape index (κ3) is 52.1. The van der Waals surface area contributed by atoms with Crippen molar-refractivity contribution in [2.45, 2.75) is 277 Å². The van der Waals surface area contributed by atoms with E-state index in [1.807, 2.05) is 18.2 Å². The van der Waals surface area contributed by atoms with Crippen LogP contribution < -0.4 is 0 Å². The van der Waals surface area contributed by atoms with E-state index in [9.17, 15) is 28.9 Å². The Morgan fingerprint density at radius 1 is 0.403 bits per heavy atom. The highest BCUT2D eigenvalue weighted by Crippen LogP contribution is 2.43. The molecule has 0 saturated carbocycles. The van der Waals surface area contributed by atoms with Crippen molar-refractivity contribution >= 4 is 25.7 Å². The fraction of sp³-hybridized carbons (Fsp3) is 0.783. The molecule has 0 spiro atoms. The molecule has 2 N–H and O–H groups in total. The molecule has 0 bridgehead atoms. The van der Waals surface area contributed by atoms with Crippen molar-refractivity contribution in [2.24, 2.45) is 0 Å². The van der Waals surface area contributed by atoms with Gasteiger partial charge in [0.05, 0.1) is 26.2 Å². The lowest BCUT2D eigenvalue weighted by Crippen LogP contribution is -2.30. The average molecular weight is 1040 g/mol. The second-order valence-corrected chi connectivity index (χ2v) is 20.9. The number of phosphoric ester groups is 1. The lowest BCUT2D eigenvalue weighted by Gasteiger charge is -2.21. The Labute approximate surface area is 440 Å². The first-order valence-corrected chi connectivity index (χ1v) is 30.7. The van der Waals surface area contributed by atoms with Crippen LogP contribution in [-0.4, -0.2) is 66.5 Å². The Bertz CT molecular complexity index is 1440. The summed E-state index contributed by atoms with van der Waals surface area (Å²) in [4.78, 5) is 48.5. The number of unbranched alkanes of at least 4 members (excludes halogenated alkanes) is 28. The summed E-state index contributed by atoms with van der Waals surface area (Å²) in [7, 11) is -4.77. The molecule has 0 aliphatic rings. The van der Waals surface area contributed by atoms with Gasteiger partial charge in [-0.25, -0.2) is 4.57 Å². The van der Waals surface area contributed by atoms with E-state index in [0.717, 1.165) is 64.2 Å². The van der Waals surface area contributed by atoms with Crippen LogP contribution in [-0.2, 0) is 42.2 Å². The zero-order valence-corrected chi connectivity index (χ0v) is 47.0. The van der Waals surface area contributed by atoms with Gasteiger partial charge in [0.15, 0.2) is 6.10 Å². The predicted octanol–water partition coefficient (Wildman–Crippen LogP) is 17.1. The standard InChI is InChI=1S/C60H107O11P/c1-4-7-10-13-16-19-22-25-27-28-30-33-36-39-42-45-48-51-60(64)71-57(53-67-58(62)49-46-43-40-37-34-31-24-21-18-15-12-9-6-3)55-69-72(65,66)68-54-56(52-61)70-59(63)50-47-44-41-38-35-32-29-26-23-20-17-14-11-8-5-2/h8,11,17,20,26,29,35,38,44,47,56-57,61H,4-7,9-10,12-16,18-19,21-25,27-28,30-34,36-37,39-43,45-46,48-55H2,1-3H3,(H,65,66)/b11-8-,20-17-,29-26-,38-35-,47-44-. The fourth-order valence-electron chi connectivity index (χ4n) is 8.08. The summed E-state index contributed by atoms with van der Waals surface area (Å²) in [6.45, 7) is 4.46. The van der Waals surface area contributed by atoms with Gasteiger partial charge in [0, 0.05) is 12.8 Å². The van der Waals surface area contributed by atoms with Gasteiger partial charge in [-0.1, -0.05) is 261 Å². The molecule has 0 aliphatic heterocycles. The van der Waals surface area contributed by atoms with Crippen LogP contribution in [0, 0.1) is 0 Å². The molecule has 0 aromatic heterocycles. The second-order valence-electron chi connectivity index (χ2n) is 19.5. The molecule has 418 valence electrons. The average Bonchev–Trinajstić information content (AvgIpc) is 3.37. The van der Waals surface area contributed by atoms with E-state index >= 15 is 0 Å². The number of carbonyl (C=O) groups excluding carboxylic acids is 3. The fourth-order valence-corrected chi connectivity index (χ4v) is 8.86. The van der Waals surface area contributed by atoms with Crippen molar-refractivity contribution < 1.29 is 52.2 Å². The largest absolute Gasteiger partial charge is 0.472 e. The van der Waals surface area contributed by atoms with Gasteiger partial charge in [-0.15, -0.1) is 0 Å². The van der Waals surface area contributed by atoms with Crippen LogP contribution in [0.2, 0.25) is 0 Å². The molecular formula is C60H107O11P. The molecule has 0 radical (unpaired) electrons. The first kappa shape index (κ1) is 69.2. The number of phosphoric acid groups is 1. The SMILES string of the molecule is CC/C=C\C/C=C\C/C=C\C/C=C\C/C=C\CC(=O)OC(CO)COP(=O)(O)OCC(COC(=O)CCCCCCCCCCCCCCC)OC(=O)CCCCCCCCCCCCCCCCCCC. The Morgan fingerprint density at radius 3 is 1.10 bits per heavy atom. The lowest BCUT2D eigenvalue weighted by atomic mass is 10.0. The van der Waals surface area contributed by atoms with Crippen LogP contribution in [0.15, 0.2) is 60.8 Å². The molecule has 0 fully saturated rings. The van der Waals surface area contributed by atoms with Crippen molar-refractivity contribution in [2.75, 3.05) is 26.4 Å². The third-order valence-corrected chi connectivity index (χ3v) is 13.4. The summed E-state index contributed by atoms with van der Waals surface area (Å²) in [6.07, 6.45) is 59.2. The number of carbonyl (C=O) groups is 3. The summed E-state index contributed by atoms with van der Waals surface area (Å²) in [5.41, 5.74) is 0. The van der Waals surface area contributed by atoms with Crippen molar-refractivity contribution in [1.29, 1.82) is 0 Å². The summed E-state index contributed by atoms with van der Waals surface area (Å²) in [6, 6.07) is 0. The molecule has 0 saturated heterocycles. The summed E-state index contributed by atoms with van der Waals surface area (Å²) in [5, 5.41) is 9.79. The number of aliphatic hydroxyl groups is 1. The van der Waals surface area contributed by atoms with Crippen LogP contribution in [0.5, 0.6) is 0 Å². The first-order chi connectivity index (χ1) is 35.2. The Morgan fingerprint density at radius 2 is 0.722 bits per heavy atom. The Hall–Kier alpha value is -2.82. The van der Waals surface area contributed by atoms with Gasteiger partial charge < -0.3 is 24.2 Å². The van der Waals surface area contributed by atoms with Crippen LogP contribution in [0.4, 0.5) is 0 Å². The predicted molar refractivity (Wildman–Crippen MR) is 298 cm³/mol. The van der Waals surface area contributed by atoms with Gasteiger partial charge in [0.2, 0.25) is 0 Å². The highest BCUT2D eigenvalue weighted by molar-refractivity contribution is 7.47. The summed E-state index contributed by atoms with van der Waals surface area (Å²) in [5.74, 6) is -1.58. The summed E-state index contributed by atoms with van der Waals surface area (Å²) < 4.78 is 39.4. The van der Waals surface area contributed by atoms with E-state index in [2.05, 4.69) is 57.2 Å². The molecule has 0 rings (SSSR count). The minimum absolute atomic E-state index is 0.0537. The van der Waals surface area contributed by atoms with Crippen molar-refractivity contribution in [3.05, 3.63) is 60.8 Å². The van der Waals surface area contributed by atoms with E-state index < -0.39 is 57.8 Å². The maximum Gasteiger partial charge on any atom is 0.472 e. The minimum atomic E-state index is -4.77. The van der Waals surface area contributed by atoms with Gasteiger partial charge in [-0.05, 0) is 44.9 Å². The molecule has 0 heterocycles. The van der Waals surface area contributed by atoms with Gasteiger partial charge in [-0.3, -0.25) is 23.4 Å². The number of rotatable bonds is 54. The monoisotopic (exact) mass is 1030 g/mol. The zero-order chi connectivity index (χ0) is 52.7. The first-order valence-electron chi connectivity index (χ1n) is 29.2. The number of esters is 3. The number of hydrogen-bond donors (Lipinski definition) is 2. The molecule has 11 nitrogen and oxygen atoms in total. The maximum absolute atomic E-state index is 12.9. The minimum Gasteiger partial charge on any atom is -0.462 e. The van der Waals surface area contributed by atoms with Crippen LogP contribution in [0.25, 0.3) is 0 Å². The Kier molecular flexibility index (Phi) is 52.3. The molecule has 0 aromatic rings. The van der Waals surface area contributed by atoms with Gasteiger partial charge in [-0.2, -0.15) is 0 Å². The molecule has 72 heavy (non-hydrogen) atoms. The molecular weight excluding hydrogens is 928 g/mol. The van der Waals surface area contributed by atoms with Crippen molar-refractivity contribution in [1.82, 2.24) is 0 Å². The molecule has 0 aromatic carbocycles. The molecule has 0 aliphatic carbocycles. The maximum atomic E-state index is 12.9. The molecule has 12 heteroatoms. The van der Waals surface area contributed by atoms with E-state index in [1.165, 1.54) is 141 Å².